The summed E-state index contributed by atoms with van der Waals surface area (Å²) in [5, 5.41) is 53.7. The minimum absolute atomic E-state index is 0.0147. The average molecular weight is 777 g/mol. The van der Waals surface area contributed by atoms with Crippen LogP contribution in [0.25, 0.3) is 0 Å². The Kier molecular flexibility index (Phi) is 16.3. The van der Waals surface area contributed by atoms with E-state index in [0.29, 0.717) is 18.5 Å². The third-order valence-electron chi connectivity index (χ3n) is 8.40. The molecule has 0 bridgehead atoms. The Labute approximate surface area is 313 Å². The van der Waals surface area contributed by atoms with Crippen molar-refractivity contribution < 1.29 is 72.2 Å². The number of carboxylic acids is 2. The molecule has 0 aromatic heterocycles. The smallest absolute Gasteiger partial charge is 0.490 e. The Morgan fingerprint density at radius 1 is 0.800 bits per heavy atom. The number of carbonyl (C=O) groups excluding carboxylic acids is 3. The number of phenols is 3. The molecule has 1 amide bonds. The van der Waals surface area contributed by atoms with Crippen LogP contribution >= 0.6 is 0 Å². The number of benzene rings is 3. The number of amides is 1. The van der Waals surface area contributed by atoms with E-state index in [1.165, 1.54) is 55.7 Å². The summed E-state index contributed by atoms with van der Waals surface area (Å²) in [6.07, 6.45) is 2.42. The molecule has 3 aromatic rings. The second kappa shape index (κ2) is 20.6. The van der Waals surface area contributed by atoms with Gasteiger partial charge in [0.15, 0.2) is 0 Å². The Morgan fingerprint density at radius 3 is 2.02 bits per heavy atom. The van der Waals surface area contributed by atoms with Gasteiger partial charge in [0.2, 0.25) is 5.78 Å². The number of hydrogen-bond donors (Lipinski definition) is 7. The van der Waals surface area contributed by atoms with Gasteiger partial charge in [0.05, 0.1) is 29.3 Å². The molecule has 55 heavy (non-hydrogen) atoms. The first-order valence-electron chi connectivity index (χ1n) is 17.5. The van der Waals surface area contributed by atoms with Crippen molar-refractivity contribution in [3.05, 3.63) is 82.4 Å². The lowest BCUT2D eigenvalue weighted by Gasteiger charge is -2.21. The molecular weight excluding hydrogens is 733 g/mol. The number of carbonyl (C=O) groups is 5. The number of esters is 1. The van der Waals surface area contributed by atoms with Crippen LogP contribution in [-0.4, -0.2) is 93.1 Å². The highest BCUT2D eigenvalue weighted by molar-refractivity contribution is 6.18. The lowest BCUT2D eigenvalue weighted by molar-refractivity contribution is -0.192. The maximum atomic E-state index is 13.7. The molecule has 0 unspecified atom stereocenters. The fourth-order valence-electron chi connectivity index (χ4n) is 5.55. The molecule has 4 rings (SSSR count). The minimum Gasteiger partial charge on any atom is -0.508 e. The number of halogens is 3. The first-order valence-corrected chi connectivity index (χ1v) is 17.5. The van der Waals surface area contributed by atoms with Crippen molar-refractivity contribution in [3.63, 3.8) is 0 Å². The molecule has 17 heteroatoms. The third kappa shape index (κ3) is 12.9. The number of rotatable bonds is 17. The SMILES string of the molecule is CCCCCCCCCCOc1cc(C(=O)O[C@@H]2CNC[C@H]2NC(=O)c2ccc(O)cc2)cc(O)c1C(=O)c1c(O)cccc1C(=O)O.O=C(O)C(F)(F)F. The van der Waals surface area contributed by atoms with Gasteiger partial charge in [-0.3, -0.25) is 9.59 Å². The number of ether oxygens (including phenoxy) is 2. The summed E-state index contributed by atoms with van der Waals surface area (Å²) in [7, 11) is 0. The Hall–Kier alpha value is -5.84. The number of hydrogen-bond acceptors (Lipinski definition) is 11. The number of nitrogens with one attached hydrogen (secondary N) is 2. The summed E-state index contributed by atoms with van der Waals surface area (Å²) in [5.74, 6) is -7.89. The van der Waals surface area contributed by atoms with Crippen molar-refractivity contribution in [3.8, 4) is 23.0 Å². The Morgan fingerprint density at radius 2 is 1.42 bits per heavy atom. The lowest BCUT2D eigenvalue weighted by atomic mass is 9.95. The standard InChI is InChI=1S/C36H42N2O10.C2HF3O2/c1-2-3-4-5-6-7-8-9-17-47-29-19-23(18-28(41)32(29)33(42)31-25(35(44)45)11-10-12-27(31)40)36(46)48-30-21-37-20-26(30)38-34(43)22-13-15-24(39)16-14-22;3-2(4,5)1(6)7/h10-16,18-19,26,30,37,39-41H,2-9,17,20-21H2,1H3,(H,38,43)(H,44,45);(H,6,7)/t26-,30-;/m1./s1. The summed E-state index contributed by atoms with van der Waals surface area (Å²) >= 11 is 0. The maximum absolute atomic E-state index is 13.7. The molecule has 1 aliphatic heterocycles. The van der Waals surface area contributed by atoms with Crippen LogP contribution < -0.4 is 15.4 Å². The number of aromatic hydroxyl groups is 3. The molecule has 0 spiro atoms. The van der Waals surface area contributed by atoms with E-state index < -0.39 is 76.1 Å². The maximum Gasteiger partial charge on any atom is 0.490 e. The zero-order chi connectivity index (χ0) is 40.7. The van der Waals surface area contributed by atoms with Crippen LogP contribution in [0.3, 0.4) is 0 Å². The Balaban J connectivity index is 0.00000106. The van der Waals surface area contributed by atoms with Crippen LogP contribution in [0, 0.1) is 0 Å². The zero-order valence-electron chi connectivity index (χ0n) is 29.9. The molecule has 0 aliphatic carbocycles. The predicted molar refractivity (Wildman–Crippen MR) is 190 cm³/mol. The number of alkyl halides is 3. The van der Waals surface area contributed by atoms with Gasteiger partial charge >= 0.3 is 24.1 Å². The highest BCUT2D eigenvalue weighted by atomic mass is 19.4. The number of phenolic OH excluding ortho intramolecular Hbond substituents is 3. The van der Waals surface area contributed by atoms with E-state index in [1.54, 1.807) is 0 Å². The van der Waals surface area contributed by atoms with Gasteiger partial charge in [0.25, 0.3) is 5.91 Å². The molecule has 3 aromatic carbocycles. The molecular formula is C38H43F3N2O12. The van der Waals surface area contributed by atoms with E-state index in [1.807, 2.05) is 0 Å². The van der Waals surface area contributed by atoms with Crippen molar-refractivity contribution >= 4 is 29.6 Å². The fourth-order valence-corrected chi connectivity index (χ4v) is 5.55. The first kappa shape index (κ1) is 43.6. The van der Waals surface area contributed by atoms with Crippen LogP contribution in [0.5, 0.6) is 23.0 Å². The molecule has 298 valence electrons. The van der Waals surface area contributed by atoms with Crippen molar-refractivity contribution in [2.24, 2.45) is 0 Å². The molecule has 1 saturated heterocycles. The second-order valence-corrected chi connectivity index (χ2v) is 12.6. The quantitative estimate of drug-likeness (QED) is 0.0488. The molecule has 1 aliphatic rings. The van der Waals surface area contributed by atoms with Crippen molar-refractivity contribution in [2.75, 3.05) is 19.7 Å². The van der Waals surface area contributed by atoms with Crippen LogP contribution in [-0.2, 0) is 9.53 Å². The van der Waals surface area contributed by atoms with Gasteiger partial charge in [0.1, 0.15) is 34.7 Å². The molecule has 7 N–H and O–H groups in total. The number of aliphatic carboxylic acids is 1. The van der Waals surface area contributed by atoms with Crippen molar-refractivity contribution in [2.45, 2.75) is 76.6 Å². The minimum atomic E-state index is -5.08. The van der Waals surface area contributed by atoms with Crippen molar-refractivity contribution in [1.29, 1.82) is 0 Å². The van der Waals surface area contributed by atoms with Crippen LogP contribution in [0.2, 0.25) is 0 Å². The highest BCUT2D eigenvalue weighted by Gasteiger charge is 2.38. The molecule has 0 radical (unpaired) electrons. The van der Waals surface area contributed by atoms with E-state index >= 15 is 0 Å². The van der Waals surface area contributed by atoms with Gasteiger partial charge < -0.3 is 45.6 Å². The van der Waals surface area contributed by atoms with Crippen LogP contribution in [0.1, 0.15) is 105 Å². The molecule has 2 atom stereocenters. The normalized spacial score (nSPS) is 15.0. The second-order valence-electron chi connectivity index (χ2n) is 12.6. The van der Waals surface area contributed by atoms with Gasteiger partial charge in [-0.2, -0.15) is 13.2 Å². The predicted octanol–water partition coefficient (Wildman–Crippen LogP) is 5.81. The monoisotopic (exact) mass is 776 g/mol. The summed E-state index contributed by atoms with van der Waals surface area (Å²) in [5.41, 5.74) is -1.23. The van der Waals surface area contributed by atoms with E-state index in [2.05, 4.69) is 17.6 Å². The number of unbranched alkanes of at least 4 members (excludes halogenated alkanes) is 7. The van der Waals surface area contributed by atoms with Gasteiger partial charge in [-0.25, -0.2) is 14.4 Å². The van der Waals surface area contributed by atoms with Crippen LogP contribution in [0.4, 0.5) is 13.2 Å². The lowest BCUT2D eigenvalue weighted by Crippen LogP contribution is -2.44. The van der Waals surface area contributed by atoms with Gasteiger partial charge in [0, 0.05) is 18.7 Å². The van der Waals surface area contributed by atoms with E-state index in [4.69, 9.17) is 19.4 Å². The third-order valence-corrected chi connectivity index (χ3v) is 8.40. The summed E-state index contributed by atoms with van der Waals surface area (Å²) < 4.78 is 43.4. The zero-order valence-corrected chi connectivity index (χ0v) is 29.9. The van der Waals surface area contributed by atoms with Crippen molar-refractivity contribution in [1.82, 2.24) is 10.6 Å². The van der Waals surface area contributed by atoms with Crippen LogP contribution in [0.15, 0.2) is 54.6 Å². The topological polar surface area (TPSA) is 229 Å². The number of carboxylic acid groups (broad SMARTS) is 2. The number of ketones is 1. The highest BCUT2D eigenvalue weighted by Crippen LogP contribution is 2.36. The Bertz CT molecular complexity index is 1820. The van der Waals surface area contributed by atoms with E-state index in [0.717, 1.165) is 43.9 Å². The van der Waals surface area contributed by atoms with E-state index in [-0.39, 0.29) is 30.2 Å². The largest absolute Gasteiger partial charge is 0.508 e. The van der Waals surface area contributed by atoms with Gasteiger partial charge in [-0.05, 0) is 55.0 Å². The summed E-state index contributed by atoms with van der Waals surface area (Å²) in [4.78, 5) is 60.6. The first-order chi connectivity index (χ1) is 26.0. The average Bonchev–Trinajstić information content (AvgIpc) is 3.56. The molecule has 1 fully saturated rings. The summed E-state index contributed by atoms with van der Waals surface area (Å²) in [6, 6.07) is 11.0. The van der Waals surface area contributed by atoms with Gasteiger partial charge in [-0.15, -0.1) is 0 Å². The van der Waals surface area contributed by atoms with E-state index in [9.17, 15) is 52.8 Å². The van der Waals surface area contributed by atoms with Gasteiger partial charge in [-0.1, -0.05) is 57.9 Å². The fraction of sp³-hybridized carbons (Fsp3) is 0.395. The molecule has 0 saturated carbocycles. The molecule has 14 nitrogen and oxygen atoms in total. The number of aromatic carboxylic acids is 1. The summed E-state index contributed by atoms with van der Waals surface area (Å²) in [6.45, 7) is 2.87. The molecule has 1 heterocycles.